The number of benzene rings is 2. The minimum absolute atomic E-state index is 0.0370. The molecule has 0 saturated heterocycles. The lowest BCUT2D eigenvalue weighted by Gasteiger charge is -2.12. The van der Waals surface area contributed by atoms with Gasteiger partial charge in [0.2, 0.25) is 5.88 Å². The van der Waals surface area contributed by atoms with Crippen LogP contribution in [-0.4, -0.2) is 37.7 Å². The van der Waals surface area contributed by atoms with Gasteiger partial charge in [0.1, 0.15) is 5.56 Å². The molecule has 26 heavy (non-hydrogen) atoms. The van der Waals surface area contributed by atoms with E-state index in [1.807, 2.05) is 0 Å². The van der Waals surface area contributed by atoms with Gasteiger partial charge in [0.05, 0.1) is 5.39 Å². The summed E-state index contributed by atoms with van der Waals surface area (Å²) in [4.78, 5) is 24.4. The minimum atomic E-state index is -0.839. The average molecular weight is 356 g/mol. The molecule has 8 nitrogen and oxygen atoms in total. The second-order valence-electron chi connectivity index (χ2n) is 5.69. The molecule has 134 valence electrons. The first-order chi connectivity index (χ1) is 12.4. The molecule has 3 aromatic rings. The number of amides is 1. The summed E-state index contributed by atoms with van der Waals surface area (Å²) >= 11 is 0. The highest BCUT2D eigenvalue weighted by Gasteiger charge is 2.21. The van der Waals surface area contributed by atoms with E-state index in [0.29, 0.717) is 12.0 Å². The third-order valence-corrected chi connectivity index (χ3v) is 4.01. The zero-order chi connectivity index (χ0) is 18.8. The van der Waals surface area contributed by atoms with Crippen LogP contribution in [0.25, 0.3) is 10.8 Å². The Morgan fingerprint density at radius 1 is 1.00 bits per heavy atom. The Balaban J connectivity index is 1.84. The number of carbonyl (C=O) groups is 1. The number of nitrogens with one attached hydrogen (secondary N) is 1. The topological polar surface area (TPSA) is 132 Å². The summed E-state index contributed by atoms with van der Waals surface area (Å²) in [7, 11) is 0. The number of phenols is 2. The summed E-state index contributed by atoms with van der Waals surface area (Å²) in [6, 6.07) is 10.5. The number of aromatic hydroxyl groups is 3. The van der Waals surface area contributed by atoms with Gasteiger partial charge in [-0.3, -0.25) is 9.59 Å². The second kappa shape index (κ2) is 6.67. The van der Waals surface area contributed by atoms with Gasteiger partial charge >= 0.3 is 0 Å². The van der Waals surface area contributed by atoms with Gasteiger partial charge in [0.15, 0.2) is 11.5 Å². The molecule has 8 heteroatoms. The summed E-state index contributed by atoms with van der Waals surface area (Å²) in [5.41, 5.74) is -0.354. The number of aromatic nitrogens is 1. The molecule has 0 saturated carbocycles. The van der Waals surface area contributed by atoms with Gasteiger partial charge in [-0.2, -0.15) is 0 Å². The van der Waals surface area contributed by atoms with Gasteiger partial charge in [-0.1, -0.05) is 24.3 Å². The summed E-state index contributed by atoms with van der Waals surface area (Å²) in [6.07, 6.45) is 0.358. The maximum atomic E-state index is 12.5. The molecule has 0 bridgehead atoms. The van der Waals surface area contributed by atoms with Crippen LogP contribution < -0.4 is 10.9 Å². The molecule has 5 N–H and O–H groups in total. The Kier molecular flexibility index (Phi) is 4.40. The van der Waals surface area contributed by atoms with Crippen LogP contribution in [0.2, 0.25) is 0 Å². The molecule has 1 aromatic heterocycles. The van der Waals surface area contributed by atoms with Gasteiger partial charge in [-0.25, -0.2) is 0 Å². The van der Waals surface area contributed by atoms with E-state index in [4.69, 9.17) is 0 Å². The van der Waals surface area contributed by atoms with E-state index in [0.717, 1.165) is 0 Å². The molecule has 0 radical (unpaired) electrons. The largest absolute Gasteiger partial charge is 0.504 e. The zero-order valence-electron chi connectivity index (χ0n) is 13.5. The predicted molar refractivity (Wildman–Crippen MR) is 92.9 cm³/mol. The van der Waals surface area contributed by atoms with Crippen molar-refractivity contribution in [1.29, 1.82) is 0 Å². The van der Waals surface area contributed by atoms with Crippen molar-refractivity contribution in [2.75, 3.05) is 6.54 Å². The van der Waals surface area contributed by atoms with Gasteiger partial charge in [0.25, 0.3) is 11.5 Å². The number of hydrogen-bond donors (Lipinski definition) is 5. The molecule has 0 unspecified atom stereocenters. The van der Waals surface area contributed by atoms with Crippen LogP contribution in [0.3, 0.4) is 0 Å². The molecule has 3 rings (SSSR count). The van der Waals surface area contributed by atoms with Gasteiger partial charge in [-0.15, -0.1) is 4.73 Å². The van der Waals surface area contributed by atoms with Crippen molar-refractivity contribution in [1.82, 2.24) is 10.0 Å². The zero-order valence-corrected chi connectivity index (χ0v) is 13.5. The highest BCUT2D eigenvalue weighted by Crippen LogP contribution is 2.25. The molecule has 0 aliphatic carbocycles. The lowest BCUT2D eigenvalue weighted by molar-refractivity contribution is 0.0938. The summed E-state index contributed by atoms with van der Waals surface area (Å²) < 4.78 is 0.0370. The molecule has 2 aromatic carbocycles. The van der Waals surface area contributed by atoms with E-state index in [-0.39, 0.29) is 39.1 Å². The summed E-state index contributed by atoms with van der Waals surface area (Å²) in [5, 5.41) is 41.4. The minimum Gasteiger partial charge on any atom is -0.504 e. The first kappa shape index (κ1) is 17.2. The van der Waals surface area contributed by atoms with Crippen molar-refractivity contribution in [3.8, 4) is 17.4 Å². The normalized spacial score (nSPS) is 10.8. The fourth-order valence-corrected chi connectivity index (χ4v) is 2.68. The van der Waals surface area contributed by atoms with Crippen LogP contribution >= 0.6 is 0 Å². The molecule has 0 aliphatic heterocycles. The fourth-order valence-electron chi connectivity index (χ4n) is 2.68. The monoisotopic (exact) mass is 356 g/mol. The van der Waals surface area contributed by atoms with Gasteiger partial charge < -0.3 is 25.8 Å². The quantitative estimate of drug-likeness (QED) is 0.354. The van der Waals surface area contributed by atoms with E-state index in [2.05, 4.69) is 5.32 Å². The van der Waals surface area contributed by atoms with Crippen molar-refractivity contribution < 1.29 is 25.3 Å². The second-order valence-corrected chi connectivity index (χ2v) is 5.69. The van der Waals surface area contributed by atoms with E-state index >= 15 is 0 Å². The molecular formula is C18H16N2O6. The van der Waals surface area contributed by atoms with Crippen LogP contribution in [0.1, 0.15) is 15.9 Å². The standard InChI is InChI=1S/C18H16N2O6/c21-13-6-5-10(9-14(13)22)7-8-19-16(23)15-11-3-1-2-4-12(11)17(24)20(26)18(15)25/h1-6,9,21-22,25-26H,7-8H2,(H,19,23). The van der Waals surface area contributed by atoms with Crippen molar-refractivity contribution in [3.05, 3.63) is 63.9 Å². The highest BCUT2D eigenvalue weighted by molar-refractivity contribution is 6.08. The Morgan fingerprint density at radius 2 is 1.69 bits per heavy atom. The molecule has 0 aliphatic rings. The van der Waals surface area contributed by atoms with Crippen LogP contribution in [0.5, 0.6) is 17.4 Å². The maximum absolute atomic E-state index is 12.5. The first-order valence-corrected chi connectivity index (χ1v) is 7.75. The number of phenolic OH excluding ortho intramolecular Hbond substituents is 2. The third kappa shape index (κ3) is 3.00. The summed E-state index contributed by atoms with van der Waals surface area (Å²) in [6.45, 7) is 0.168. The van der Waals surface area contributed by atoms with Gasteiger partial charge in [0, 0.05) is 11.9 Å². The number of nitrogens with zero attached hydrogens (tertiary/aromatic N) is 1. The Bertz CT molecular complexity index is 1060. The number of carbonyl (C=O) groups excluding carboxylic acids is 1. The van der Waals surface area contributed by atoms with Crippen molar-refractivity contribution in [2.24, 2.45) is 0 Å². The van der Waals surface area contributed by atoms with Crippen molar-refractivity contribution in [2.45, 2.75) is 6.42 Å². The third-order valence-electron chi connectivity index (χ3n) is 4.01. The molecule has 0 spiro atoms. The maximum Gasteiger partial charge on any atom is 0.294 e. The molecule has 1 amide bonds. The first-order valence-electron chi connectivity index (χ1n) is 7.75. The van der Waals surface area contributed by atoms with E-state index in [1.54, 1.807) is 18.2 Å². The molecule has 0 fully saturated rings. The number of hydrogen-bond acceptors (Lipinski definition) is 6. The van der Waals surface area contributed by atoms with Crippen LogP contribution in [0.15, 0.2) is 47.3 Å². The van der Waals surface area contributed by atoms with Crippen LogP contribution in [-0.2, 0) is 6.42 Å². The van der Waals surface area contributed by atoms with Crippen molar-refractivity contribution in [3.63, 3.8) is 0 Å². The Labute approximate surface area is 147 Å². The van der Waals surface area contributed by atoms with Gasteiger partial charge in [-0.05, 0) is 30.2 Å². The highest BCUT2D eigenvalue weighted by atomic mass is 16.5. The van der Waals surface area contributed by atoms with Crippen LogP contribution in [0.4, 0.5) is 0 Å². The van der Waals surface area contributed by atoms with Crippen LogP contribution in [0, 0.1) is 0 Å². The fraction of sp³-hybridized carbons (Fsp3) is 0.111. The Morgan fingerprint density at radius 3 is 2.38 bits per heavy atom. The van der Waals surface area contributed by atoms with E-state index in [1.165, 1.54) is 24.3 Å². The number of fused-ring (bicyclic) bond motifs is 1. The number of pyridine rings is 1. The molecule has 0 atom stereocenters. The van der Waals surface area contributed by atoms with Crippen molar-refractivity contribution >= 4 is 16.7 Å². The van der Waals surface area contributed by atoms with E-state index in [9.17, 15) is 30.1 Å². The SMILES string of the molecule is O=C(NCCc1ccc(O)c(O)c1)c1c(O)n(O)c(=O)c2ccccc12. The summed E-state index contributed by atoms with van der Waals surface area (Å²) in [5.74, 6) is -2.00. The average Bonchev–Trinajstić information content (AvgIpc) is 2.63. The molecular weight excluding hydrogens is 340 g/mol. The Hall–Kier alpha value is -3.68. The number of rotatable bonds is 4. The lowest BCUT2D eigenvalue weighted by atomic mass is 10.1. The predicted octanol–water partition coefficient (Wildman–Crippen LogP) is 1.33. The van der Waals surface area contributed by atoms with E-state index < -0.39 is 17.3 Å². The molecule has 1 heterocycles. The smallest absolute Gasteiger partial charge is 0.294 e. The lowest BCUT2D eigenvalue weighted by Crippen LogP contribution is -2.29.